The summed E-state index contributed by atoms with van der Waals surface area (Å²) in [6.07, 6.45) is 2.21. The predicted molar refractivity (Wildman–Crippen MR) is 94.9 cm³/mol. The van der Waals surface area contributed by atoms with E-state index >= 15 is 0 Å². The van der Waals surface area contributed by atoms with E-state index in [1.165, 1.54) is 12.5 Å². The lowest BCUT2D eigenvalue weighted by Crippen LogP contribution is -2.48. The van der Waals surface area contributed by atoms with E-state index in [2.05, 4.69) is 10.2 Å². The third-order valence-corrected chi connectivity index (χ3v) is 5.11. The highest BCUT2D eigenvalue weighted by molar-refractivity contribution is 5.74. The van der Waals surface area contributed by atoms with E-state index in [-0.39, 0.29) is 11.8 Å². The molecule has 0 unspecified atom stereocenters. The average molecular weight is 349 g/mol. The van der Waals surface area contributed by atoms with Crippen LogP contribution in [0.5, 0.6) is 0 Å². The minimum absolute atomic E-state index is 0.0485. The number of benzene rings is 1. The fourth-order valence-corrected chi connectivity index (χ4v) is 3.58. The predicted octanol–water partition coefficient (Wildman–Crippen LogP) is 2.39. The van der Waals surface area contributed by atoms with Gasteiger partial charge in [0.25, 0.3) is 0 Å². The Morgan fingerprint density at radius 2 is 2.12 bits per heavy atom. The van der Waals surface area contributed by atoms with E-state index in [1.807, 2.05) is 11.0 Å². The van der Waals surface area contributed by atoms with Gasteiger partial charge in [0.1, 0.15) is 5.82 Å². The summed E-state index contributed by atoms with van der Waals surface area (Å²) in [7, 11) is 0. The number of likely N-dealkylation sites (tertiary alicyclic amines) is 1. The van der Waals surface area contributed by atoms with Gasteiger partial charge in [0.05, 0.1) is 13.2 Å². The molecule has 1 N–H and O–H groups in total. The molecule has 1 atom stereocenters. The van der Waals surface area contributed by atoms with Crippen molar-refractivity contribution < 1.29 is 13.9 Å². The van der Waals surface area contributed by atoms with Crippen LogP contribution >= 0.6 is 0 Å². The quantitative estimate of drug-likeness (QED) is 0.908. The summed E-state index contributed by atoms with van der Waals surface area (Å²) in [6, 6.07) is 5.05. The second-order valence-corrected chi connectivity index (χ2v) is 7.11. The van der Waals surface area contributed by atoms with Crippen LogP contribution in [0, 0.1) is 18.7 Å². The number of urea groups is 1. The highest BCUT2D eigenvalue weighted by Gasteiger charge is 2.25. The molecule has 25 heavy (non-hydrogen) atoms. The number of amides is 2. The summed E-state index contributed by atoms with van der Waals surface area (Å²) in [4.78, 5) is 16.8. The molecule has 0 saturated carbocycles. The number of carbonyl (C=O) groups is 1. The summed E-state index contributed by atoms with van der Waals surface area (Å²) >= 11 is 0. The Morgan fingerprint density at radius 3 is 2.88 bits per heavy atom. The number of rotatable bonds is 4. The topological polar surface area (TPSA) is 44.8 Å². The molecular weight excluding hydrogens is 321 g/mol. The Labute approximate surface area is 149 Å². The maximum Gasteiger partial charge on any atom is 0.317 e. The molecule has 0 aromatic heterocycles. The van der Waals surface area contributed by atoms with Crippen molar-refractivity contribution in [2.75, 3.05) is 45.9 Å². The largest absolute Gasteiger partial charge is 0.379 e. The van der Waals surface area contributed by atoms with Crippen molar-refractivity contribution in [1.29, 1.82) is 0 Å². The number of piperidine rings is 1. The fraction of sp³-hybridized carbons (Fsp3) is 0.632. The van der Waals surface area contributed by atoms with Crippen LogP contribution in [-0.2, 0) is 11.3 Å². The van der Waals surface area contributed by atoms with E-state index in [0.717, 1.165) is 57.9 Å². The van der Waals surface area contributed by atoms with Gasteiger partial charge in [0.2, 0.25) is 0 Å². The first-order valence-electron chi connectivity index (χ1n) is 9.20. The molecule has 0 aliphatic carbocycles. The van der Waals surface area contributed by atoms with Crippen LogP contribution in [0.3, 0.4) is 0 Å². The Hall–Kier alpha value is -1.66. The van der Waals surface area contributed by atoms with E-state index in [9.17, 15) is 9.18 Å². The molecule has 1 aromatic carbocycles. The molecule has 138 valence electrons. The summed E-state index contributed by atoms with van der Waals surface area (Å²) in [5.74, 6) is 0.296. The first kappa shape index (κ1) is 18.1. The molecular formula is C19H28FN3O2. The van der Waals surface area contributed by atoms with Crippen molar-refractivity contribution in [2.24, 2.45) is 5.92 Å². The molecule has 2 saturated heterocycles. The summed E-state index contributed by atoms with van der Waals surface area (Å²) in [5, 5.41) is 2.93. The van der Waals surface area contributed by atoms with Gasteiger partial charge in [-0.2, -0.15) is 0 Å². The number of halogens is 1. The van der Waals surface area contributed by atoms with Crippen molar-refractivity contribution >= 4 is 6.03 Å². The minimum Gasteiger partial charge on any atom is -0.379 e. The monoisotopic (exact) mass is 349 g/mol. The number of morpholine rings is 1. The maximum absolute atomic E-state index is 13.6. The van der Waals surface area contributed by atoms with Gasteiger partial charge in [0, 0.05) is 39.3 Å². The second-order valence-electron chi connectivity index (χ2n) is 7.11. The number of hydrogen-bond donors (Lipinski definition) is 1. The van der Waals surface area contributed by atoms with Crippen LogP contribution in [-0.4, -0.2) is 61.8 Å². The van der Waals surface area contributed by atoms with Crippen LogP contribution in [0.15, 0.2) is 18.2 Å². The van der Waals surface area contributed by atoms with Crippen molar-refractivity contribution in [1.82, 2.24) is 15.1 Å². The first-order valence-corrected chi connectivity index (χ1v) is 9.20. The standard InChI is InChI=1S/C19H28FN3O2/c1-15-4-5-16(11-18(15)20)12-21-19(24)23-6-2-3-17(14-23)13-22-7-9-25-10-8-22/h4-5,11,17H,2-3,6-10,12-14H2,1H3,(H,21,24)/t17-/m1/s1. The molecule has 5 nitrogen and oxygen atoms in total. The van der Waals surface area contributed by atoms with Gasteiger partial charge in [-0.1, -0.05) is 12.1 Å². The Bertz CT molecular complexity index is 590. The van der Waals surface area contributed by atoms with Gasteiger partial charge in [-0.05, 0) is 42.9 Å². The lowest BCUT2D eigenvalue weighted by atomic mass is 9.97. The molecule has 0 bridgehead atoms. The second kappa shape index (κ2) is 8.63. The van der Waals surface area contributed by atoms with Gasteiger partial charge in [0.15, 0.2) is 0 Å². The molecule has 3 rings (SSSR count). The smallest absolute Gasteiger partial charge is 0.317 e. The van der Waals surface area contributed by atoms with Crippen molar-refractivity contribution in [3.63, 3.8) is 0 Å². The van der Waals surface area contributed by atoms with E-state index in [0.29, 0.717) is 18.0 Å². The van der Waals surface area contributed by atoms with E-state index in [4.69, 9.17) is 4.74 Å². The number of nitrogens with one attached hydrogen (secondary N) is 1. The highest BCUT2D eigenvalue weighted by atomic mass is 19.1. The molecule has 0 radical (unpaired) electrons. The van der Waals surface area contributed by atoms with Gasteiger partial charge in [-0.15, -0.1) is 0 Å². The molecule has 0 spiro atoms. The number of carbonyl (C=O) groups excluding carboxylic acids is 1. The van der Waals surface area contributed by atoms with Gasteiger partial charge >= 0.3 is 6.03 Å². The zero-order valence-corrected chi connectivity index (χ0v) is 15.0. The van der Waals surface area contributed by atoms with Crippen LogP contribution in [0.4, 0.5) is 9.18 Å². The zero-order valence-electron chi connectivity index (χ0n) is 15.0. The lowest BCUT2D eigenvalue weighted by Gasteiger charge is -2.36. The van der Waals surface area contributed by atoms with Crippen molar-refractivity contribution in [3.8, 4) is 0 Å². The van der Waals surface area contributed by atoms with Crippen LogP contribution in [0.25, 0.3) is 0 Å². The molecule has 2 fully saturated rings. The number of hydrogen-bond acceptors (Lipinski definition) is 3. The number of nitrogens with zero attached hydrogens (tertiary/aromatic N) is 2. The van der Waals surface area contributed by atoms with E-state index in [1.54, 1.807) is 13.0 Å². The summed E-state index contributed by atoms with van der Waals surface area (Å²) in [5.41, 5.74) is 1.41. The zero-order chi connectivity index (χ0) is 17.6. The molecule has 2 aliphatic heterocycles. The van der Waals surface area contributed by atoms with Gasteiger partial charge in [-0.25, -0.2) is 9.18 Å². The molecule has 2 heterocycles. The molecule has 2 aliphatic rings. The molecule has 1 aromatic rings. The Balaban J connectivity index is 1.46. The Kier molecular flexibility index (Phi) is 6.26. The average Bonchev–Trinajstić information content (AvgIpc) is 2.63. The minimum atomic E-state index is -0.227. The van der Waals surface area contributed by atoms with Gasteiger partial charge in [-0.3, -0.25) is 4.90 Å². The molecule has 6 heteroatoms. The highest BCUT2D eigenvalue weighted by Crippen LogP contribution is 2.18. The third-order valence-electron chi connectivity index (χ3n) is 5.11. The SMILES string of the molecule is Cc1ccc(CNC(=O)N2CCC[C@H](CN3CCOCC3)C2)cc1F. The van der Waals surface area contributed by atoms with E-state index < -0.39 is 0 Å². The summed E-state index contributed by atoms with van der Waals surface area (Å²) < 4.78 is 19.0. The lowest BCUT2D eigenvalue weighted by molar-refractivity contribution is 0.0249. The van der Waals surface area contributed by atoms with Crippen LogP contribution in [0.1, 0.15) is 24.0 Å². The first-order chi connectivity index (χ1) is 12.1. The molecule has 2 amide bonds. The summed E-state index contributed by atoms with van der Waals surface area (Å²) in [6.45, 7) is 8.33. The fourth-order valence-electron chi connectivity index (χ4n) is 3.58. The maximum atomic E-state index is 13.6. The van der Waals surface area contributed by atoms with Gasteiger partial charge < -0.3 is 15.0 Å². The van der Waals surface area contributed by atoms with Crippen molar-refractivity contribution in [2.45, 2.75) is 26.3 Å². The third kappa shape index (κ3) is 5.16. The van der Waals surface area contributed by atoms with Crippen molar-refractivity contribution in [3.05, 3.63) is 35.1 Å². The Morgan fingerprint density at radius 1 is 1.32 bits per heavy atom. The number of ether oxygens (including phenoxy) is 1. The van der Waals surface area contributed by atoms with Crippen LogP contribution < -0.4 is 5.32 Å². The van der Waals surface area contributed by atoms with Crippen LogP contribution in [0.2, 0.25) is 0 Å². The number of aryl methyl sites for hydroxylation is 1. The normalized spacial score (nSPS) is 22.0.